The lowest BCUT2D eigenvalue weighted by Gasteiger charge is -2.11. The molecule has 0 bridgehead atoms. The predicted molar refractivity (Wildman–Crippen MR) is 110 cm³/mol. The number of nitrogens with zero attached hydrogens (tertiary/aromatic N) is 1. The Labute approximate surface area is 161 Å². The zero-order valence-corrected chi connectivity index (χ0v) is 17.6. The lowest BCUT2D eigenvalue weighted by Crippen LogP contribution is -2.45. The van der Waals surface area contributed by atoms with Gasteiger partial charge in [-0.25, -0.2) is 9.80 Å². The number of amides is 3. The standard InChI is InChI=1S/C21H43N3O2/c1-4-5-6-7-8-9-10-11-12-13-14-15-16-17-18-19-20(25)22-21(26)23-24(2)3/h4-19H2,1-3H3,(H2,22,23,25,26). The highest BCUT2D eigenvalue weighted by atomic mass is 16.2. The van der Waals surface area contributed by atoms with E-state index in [0.717, 1.165) is 12.8 Å². The Kier molecular flexibility index (Phi) is 17.9. The summed E-state index contributed by atoms with van der Waals surface area (Å²) in [6, 6.07) is -0.457. The monoisotopic (exact) mass is 369 g/mol. The Morgan fingerprint density at radius 1 is 0.654 bits per heavy atom. The molecular weight excluding hydrogens is 326 g/mol. The number of hydrazine groups is 1. The minimum Gasteiger partial charge on any atom is -0.277 e. The first-order chi connectivity index (χ1) is 12.6. The van der Waals surface area contributed by atoms with Crippen molar-refractivity contribution >= 4 is 11.9 Å². The number of hydrogen-bond donors (Lipinski definition) is 2. The molecule has 0 aromatic rings. The van der Waals surface area contributed by atoms with Gasteiger partial charge in [-0.15, -0.1) is 0 Å². The van der Waals surface area contributed by atoms with Crippen molar-refractivity contribution in [3.63, 3.8) is 0 Å². The topological polar surface area (TPSA) is 61.4 Å². The molecule has 154 valence electrons. The van der Waals surface area contributed by atoms with E-state index in [1.165, 1.54) is 88.5 Å². The summed E-state index contributed by atoms with van der Waals surface area (Å²) in [6.07, 6.45) is 20.1. The SMILES string of the molecule is CCCCCCCCCCCCCCCCCC(=O)NC(=O)NN(C)C. The molecule has 0 unspecified atom stereocenters. The normalized spacial score (nSPS) is 10.9. The molecule has 0 heterocycles. The lowest BCUT2D eigenvalue weighted by atomic mass is 10.0. The minimum absolute atomic E-state index is 0.195. The van der Waals surface area contributed by atoms with Crippen LogP contribution in [0.25, 0.3) is 0 Å². The van der Waals surface area contributed by atoms with E-state index in [4.69, 9.17) is 0 Å². The molecule has 3 amide bonds. The molecule has 0 spiro atoms. The molecule has 0 fully saturated rings. The van der Waals surface area contributed by atoms with E-state index in [1.807, 2.05) is 0 Å². The Morgan fingerprint density at radius 2 is 1.04 bits per heavy atom. The second-order valence-corrected chi connectivity index (χ2v) is 7.58. The first kappa shape index (κ1) is 24.9. The van der Waals surface area contributed by atoms with Gasteiger partial charge in [-0.05, 0) is 6.42 Å². The van der Waals surface area contributed by atoms with Gasteiger partial charge in [-0.2, -0.15) is 0 Å². The van der Waals surface area contributed by atoms with Crippen molar-refractivity contribution in [2.24, 2.45) is 0 Å². The van der Waals surface area contributed by atoms with Crippen molar-refractivity contribution in [2.45, 2.75) is 110 Å². The fourth-order valence-electron chi connectivity index (χ4n) is 3.08. The molecule has 0 aliphatic heterocycles. The maximum absolute atomic E-state index is 11.6. The van der Waals surface area contributed by atoms with E-state index in [1.54, 1.807) is 14.1 Å². The smallest absolute Gasteiger partial charge is 0.277 e. The zero-order chi connectivity index (χ0) is 19.5. The molecule has 0 saturated heterocycles. The average Bonchev–Trinajstić information content (AvgIpc) is 2.57. The van der Waals surface area contributed by atoms with Crippen LogP contribution in [0.3, 0.4) is 0 Å². The molecule has 0 radical (unpaired) electrons. The molecule has 5 heteroatoms. The van der Waals surface area contributed by atoms with Gasteiger partial charge >= 0.3 is 6.03 Å². The van der Waals surface area contributed by atoms with Crippen LogP contribution >= 0.6 is 0 Å². The van der Waals surface area contributed by atoms with Crippen molar-refractivity contribution in [1.29, 1.82) is 0 Å². The highest BCUT2D eigenvalue weighted by Gasteiger charge is 2.07. The number of urea groups is 1. The molecule has 0 aliphatic carbocycles. The van der Waals surface area contributed by atoms with Crippen LogP contribution in [-0.4, -0.2) is 31.0 Å². The van der Waals surface area contributed by atoms with Crippen molar-refractivity contribution in [3.05, 3.63) is 0 Å². The Bertz CT molecular complexity index is 346. The molecule has 5 nitrogen and oxygen atoms in total. The van der Waals surface area contributed by atoms with Crippen LogP contribution < -0.4 is 10.7 Å². The maximum atomic E-state index is 11.6. The van der Waals surface area contributed by atoms with E-state index in [-0.39, 0.29) is 5.91 Å². The van der Waals surface area contributed by atoms with Crippen molar-refractivity contribution in [1.82, 2.24) is 15.8 Å². The molecule has 0 atom stereocenters. The second-order valence-electron chi connectivity index (χ2n) is 7.58. The molecule has 0 aromatic heterocycles. The first-order valence-corrected chi connectivity index (χ1v) is 10.8. The van der Waals surface area contributed by atoms with Gasteiger partial charge < -0.3 is 0 Å². The summed E-state index contributed by atoms with van der Waals surface area (Å²) in [5.74, 6) is -0.195. The van der Waals surface area contributed by atoms with Crippen LogP contribution in [0, 0.1) is 0 Å². The quantitative estimate of drug-likeness (QED) is 0.261. The van der Waals surface area contributed by atoms with Gasteiger partial charge in [-0.1, -0.05) is 96.8 Å². The molecular formula is C21H43N3O2. The van der Waals surface area contributed by atoms with E-state index >= 15 is 0 Å². The predicted octanol–water partition coefficient (Wildman–Crippen LogP) is 5.55. The van der Waals surface area contributed by atoms with Crippen LogP contribution in [0.15, 0.2) is 0 Å². The first-order valence-electron chi connectivity index (χ1n) is 10.8. The van der Waals surface area contributed by atoms with Crippen LogP contribution in [0.2, 0.25) is 0 Å². The molecule has 26 heavy (non-hydrogen) atoms. The maximum Gasteiger partial charge on any atom is 0.335 e. The Morgan fingerprint density at radius 3 is 1.42 bits per heavy atom. The molecule has 0 aliphatic rings. The molecule has 2 N–H and O–H groups in total. The number of unbranched alkanes of at least 4 members (excludes halogenated alkanes) is 14. The summed E-state index contributed by atoms with van der Waals surface area (Å²) in [5.41, 5.74) is 2.49. The Balaban J connectivity index is 3.22. The van der Waals surface area contributed by atoms with Gasteiger partial charge in [0.25, 0.3) is 0 Å². The third-order valence-electron chi connectivity index (χ3n) is 4.59. The number of rotatable bonds is 17. The Hall–Kier alpha value is -1.10. The fraction of sp³-hybridized carbons (Fsp3) is 0.905. The summed E-state index contributed by atoms with van der Waals surface area (Å²) in [5, 5.41) is 3.84. The van der Waals surface area contributed by atoms with Gasteiger partial charge in [-0.3, -0.25) is 15.5 Å². The van der Waals surface area contributed by atoms with Gasteiger partial charge in [0.2, 0.25) is 5.91 Å². The van der Waals surface area contributed by atoms with Crippen LogP contribution in [0.1, 0.15) is 110 Å². The van der Waals surface area contributed by atoms with Crippen molar-refractivity contribution in [2.75, 3.05) is 14.1 Å². The van der Waals surface area contributed by atoms with Gasteiger partial charge in [0.15, 0.2) is 0 Å². The summed E-state index contributed by atoms with van der Waals surface area (Å²) in [6.45, 7) is 2.27. The summed E-state index contributed by atoms with van der Waals surface area (Å²) < 4.78 is 0. The lowest BCUT2D eigenvalue weighted by molar-refractivity contribution is -0.120. The van der Waals surface area contributed by atoms with E-state index in [2.05, 4.69) is 17.7 Å². The van der Waals surface area contributed by atoms with Crippen molar-refractivity contribution < 1.29 is 9.59 Å². The van der Waals surface area contributed by atoms with Crippen LogP contribution in [0.5, 0.6) is 0 Å². The highest BCUT2D eigenvalue weighted by Crippen LogP contribution is 2.13. The minimum atomic E-state index is -0.457. The van der Waals surface area contributed by atoms with Crippen LogP contribution in [0.4, 0.5) is 4.79 Å². The number of carbonyl (C=O) groups is 2. The van der Waals surface area contributed by atoms with Crippen LogP contribution in [-0.2, 0) is 4.79 Å². The number of imide groups is 1. The zero-order valence-electron chi connectivity index (χ0n) is 17.6. The molecule has 0 aromatic carbocycles. The number of hydrogen-bond acceptors (Lipinski definition) is 3. The second kappa shape index (κ2) is 18.7. The van der Waals surface area contributed by atoms with Gasteiger partial charge in [0, 0.05) is 20.5 Å². The molecule has 0 saturated carbocycles. The summed E-state index contributed by atoms with van der Waals surface area (Å²) in [4.78, 5) is 22.9. The largest absolute Gasteiger partial charge is 0.335 e. The van der Waals surface area contributed by atoms with E-state index in [0.29, 0.717) is 6.42 Å². The number of nitrogens with one attached hydrogen (secondary N) is 2. The fourth-order valence-corrected chi connectivity index (χ4v) is 3.08. The van der Waals surface area contributed by atoms with E-state index < -0.39 is 6.03 Å². The highest BCUT2D eigenvalue weighted by molar-refractivity contribution is 5.93. The summed E-state index contributed by atoms with van der Waals surface area (Å²) in [7, 11) is 3.41. The third-order valence-corrected chi connectivity index (χ3v) is 4.59. The average molecular weight is 370 g/mol. The van der Waals surface area contributed by atoms with Crippen molar-refractivity contribution in [3.8, 4) is 0 Å². The third kappa shape index (κ3) is 19.2. The number of carbonyl (C=O) groups excluding carboxylic acids is 2. The summed E-state index contributed by atoms with van der Waals surface area (Å²) >= 11 is 0. The van der Waals surface area contributed by atoms with E-state index in [9.17, 15) is 9.59 Å². The van der Waals surface area contributed by atoms with Gasteiger partial charge in [0.05, 0.1) is 0 Å². The molecule has 0 rings (SSSR count). The van der Waals surface area contributed by atoms with Gasteiger partial charge in [0.1, 0.15) is 0 Å².